The molecule has 2 fully saturated rings. The first-order chi connectivity index (χ1) is 15.5. The highest BCUT2D eigenvalue weighted by molar-refractivity contribution is 7.89. The van der Waals surface area contributed by atoms with Crippen molar-refractivity contribution in [2.75, 3.05) is 43.1 Å². The number of sulfonamides is 1. The molecule has 2 unspecified atom stereocenters. The molecule has 10 nitrogen and oxygen atoms in total. The van der Waals surface area contributed by atoms with Crippen molar-refractivity contribution in [2.24, 2.45) is 0 Å². The summed E-state index contributed by atoms with van der Waals surface area (Å²) in [6.07, 6.45) is 7.64. The minimum atomic E-state index is -3.61. The second kappa shape index (κ2) is 8.64. The zero-order valence-corrected chi connectivity index (χ0v) is 18.8. The molecule has 0 radical (unpaired) electrons. The minimum absolute atomic E-state index is 0.0455. The normalized spacial score (nSPS) is 21.5. The zero-order chi connectivity index (χ0) is 22.1. The number of hydrogen-bond donors (Lipinski definition) is 2. The Labute approximate surface area is 187 Å². The predicted molar refractivity (Wildman–Crippen MR) is 121 cm³/mol. The lowest BCUT2D eigenvalue weighted by molar-refractivity contribution is 0.114. The smallest absolute Gasteiger partial charge is 0.242 e. The van der Waals surface area contributed by atoms with E-state index in [9.17, 15) is 8.42 Å². The van der Waals surface area contributed by atoms with Gasteiger partial charge in [-0.15, -0.1) is 0 Å². The summed E-state index contributed by atoms with van der Waals surface area (Å²) >= 11 is 0. The molecule has 3 aromatic heterocycles. The summed E-state index contributed by atoms with van der Waals surface area (Å²) in [5.74, 6) is 1.67. The van der Waals surface area contributed by atoms with Gasteiger partial charge in [-0.3, -0.25) is 0 Å². The highest BCUT2D eigenvalue weighted by atomic mass is 32.2. The maximum atomic E-state index is 12.6. The first kappa shape index (κ1) is 21.1. The molecule has 2 aliphatic heterocycles. The lowest BCUT2D eigenvalue weighted by Gasteiger charge is -2.26. The van der Waals surface area contributed by atoms with Crippen LogP contribution in [0.2, 0.25) is 0 Å². The Kier molecular flexibility index (Phi) is 5.70. The molecule has 2 N–H and O–H groups in total. The number of aromatic nitrogens is 4. The zero-order valence-electron chi connectivity index (χ0n) is 17.9. The van der Waals surface area contributed by atoms with Crippen LogP contribution in [0.5, 0.6) is 0 Å². The maximum absolute atomic E-state index is 12.6. The second-order valence-electron chi connectivity index (χ2n) is 8.28. The standard InChI is InChI=1S/C21H27N7O3S/c1-27(15-7-9-28(13-15)21-18-6-8-22-20(18)24-14-25-21)19-5-4-17(12-23-19)32(29,30)26-11-16-3-2-10-31-16/h4-6,8,12,14-16,26H,2-3,7,9-11,13H2,1H3,(H,22,24,25). The number of rotatable bonds is 7. The van der Waals surface area contributed by atoms with E-state index in [1.54, 1.807) is 18.5 Å². The van der Waals surface area contributed by atoms with Gasteiger partial charge >= 0.3 is 0 Å². The van der Waals surface area contributed by atoms with Crippen molar-refractivity contribution in [3.8, 4) is 0 Å². The van der Waals surface area contributed by atoms with E-state index in [4.69, 9.17) is 4.74 Å². The van der Waals surface area contributed by atoms with Crippen LogP contribution in [0.15, 0.2) is 41.8 Å². The molecular weight excluding hydrogens is 430 g/mol. The van der Waals surface area contributed by atoms with Gasteiger partial charge in [0.15, 0.2) is 0 Å². The Morgan fingerprint density at radius 3 is 2.94 bits per heavy atom. The number of aromatic amines is 1. The monoisotopic (exact) mass is 457 g/mol. The highest BCUT2D eigenvalue weighted by Crippen LogP contribution is 2.28. The van der Waals surface area contributed by atoms with Gasteiger partial charge in [0.2, 0.25) is 10.0 Å². The van der Waals surface area contributed by atoms with Crippen molar-refractivity contribution >= 4 is 32.7 Å². The fourth-order valence-corrected chi connectivity index (χ4v) is 5.39. The van der Waals surface area contributed by atoms with Crippen molar-refractivity contribution < 1.29 is 13.2 Å². The number of ether oxygens (including phenoxy) is 1. The molecule has 170 valence electrons. The third-order valence-corrected chi connectivity index (χ3v) is 7.67. The molecule has 2 saturated heterocycles. The summed E-state index contributed by atoms with van der Waals surface area (Å²) < 4.78 is 33.3. The van der Waals surface area contributed by atoms with Gasteiger partial charge in [-0.05, 0) is 37.5 Å². The van der Waals surface area contributed by atoms with Crippen LogP contribution in [0.4, 0.5) is 11.6 Å². The van der Waals surface area contributed by atoms with Gasteiger partial charge in [-0.1, -0.05) is 0 Å². The molecular formula is C21H27N7O3S. The molecule has 0 spiro atoms. The van der Waals surface area contributed by atoms with E-state index in [1.807, 2.05) is 19.3 Å². The average Bonchev–Trinajstić information content (AvgIpc) is 3.58. The summed E-state index contributed by atoms with van der Waals surface area (Å²) in [6, 6.07) is 5.61. The molecule has 0 amide bonds. The van der Waals surface area contributed by atoms with Crippen LogP contribution in [0.3, 0.4) is 0 Å². The molecule has 0 bridgehead atoms. The van der Waals surface area contributed by atoms with E-state index < -0.39 is 10.0 Å². The number of H-pyrrole nitrogens is 1. The lowest BCUT2D eigenvalue weighted by atomic mass is 10.2. The summed E-state index contributed by atoms with van der Waals surface area (Å²) in [6.45, 7) is 2.67. The Morgan fingerprint density at radius 1 is 1.25 bits per heavy atom. The molecule has 11 heteroatoms. The van der Waals surface area contributed by atoms with E-state index in [0.29, 0.717) is 13.2 Å². The van der Waals surface area contributed by atoms with Gasteiger partial charge in [-0.2, -0.15) is 0 Å². The number of likely N-dealkylation sites (N-methyl/N-ethyl adjacent to an activating group) is 1. The third-order valence-electron chi connectivity index (χ3n) is 6.26. The molecule has 5 rings (SSSR count). The average molecular weight is 458 g/mol. The van der Waals surface area contributed by atoms with E-state index >= 15 is 0 Å². The van der Waals surface area contributed by atoms with E-state index in [0.717, 1.165) is 55.0 Å². The lowest BCUT2D eigenvalue weighted by Crippen LogP contribution is -2.35. The molecule has 0 saturated carbocycles. The van der Waals surface area contributed by atoms with Crippen molar-refractivity contribution in [3.05, 3.63) is 36.9 Å². The first-order valence-corrected chi connectivity index (χ1v) is 12.3. The molecule has 2 aliphatic rings. The van der Waals surface area contributed by atoms with Crippen LogP contribution in [-0.4, -0.2) is 73.8 Å². The van der Waals surface area contributed by atoms with Crippen molar-refractivity contribution in [1.82, 2.24) is 24.7 Å². The molecule has 32 heavy (non-hydrogen) atoms. The number of nitrogens with one attached hydrogen (secondary N) is 2. The first-order valence-electron chi connectivity index (χ1n) is 10.8. The van der Waals surface area contributed by atoms with Gasteiger partial charge in [0.25, 0.3) is 0 Å². The largest absolute Gasteiger partial charge is 0.377 e. The summed E-state index contributed by atoms with van der Waals surface area (Å²) in [4.78, 5) is 20.8. The third kappa shape index (κ3) is 4.15. The van der Waals surface area contributed by atoms with Crippen molar-refractivity contribution in [1.29, 1.82) is 0 Å². The Morgan fingerprint density at radius 2 is 2.16 bits per heavy atom. The van der Waals surface area contributed by atoms with Crippen molar-refractivity contribution in [2.45, 2.75) is 36.3 Å². The minimum Gasteiger partial charge on any atom is -0.377 e. The number of nitrogens with zero attached hydrogens (tertiary/aromatic N) is 5. The molecule has 2 atom stereocenters. The second-order valence-corrected chi connectivity index (χ2v) is 10.0. The number of hydrogen-bond acceptors (Lipinski definition) is 8. The van der Waals surface area contributed by atoms with Crippen LogP contribution in [0, 0.1) is 0 Å². The van der Waals surface area contributed by atoms with Gasteiger partial charge in [0.1, 0.15) is 28.5 Å². The maximum Gasteiger partial charge on any atom is 0.242 e. The Balaban J connectivity index is 1.24. The van der Waals surface area contributed by atoms with Crippen LogP contribution < -0.4 is 14.5 Å². The van der Waals surface area contributed by atoms with Crippen LogP contribution in [-0.2, 0) is 14.8 Å². The van der Waals surface area contributed by atoms with Crippen LogP contribution >= 0.6 is 0 Å². The van der Waals surface area contributed by atoms with Crippen LogP contribution in [0.25, 0.3) is 11.0 Å². The quantitative estimate of drug-likeness (QED) is 0.549. The summed E-state index contributed by atoms with van der Waals surface area (Å²) in [5, 5.41) is 1.01. The Bertz CT molecular complexity index is 1180. The Hall–Kier alpha value is -2.76. The van der Waals surface area contributed by atoms with Crippen molar-refractivity contribution in [3.63, 3.8) is 0 Å². The number of anilines is 2. The number of fused-ring (bicyclic) bond motifs is 1. The SMILES string of the molecule is CN(c1ccc(S(=O)(=O)NCC2CCCO2)cn1)C1CCN(c2ncnc3[nH]ccc23)C1. The van der Waals surface area contributed by atoms with Gasteiger partial charge in [0, 0.05) is 51.7 Å². The molecule has 0 aromatic carbocycles. The van der Waals surface area contributed by atoms with Gasteiger partial charge < -0.3 is 19.5 Å². The fraction of sp³-hybridized carbons (Fsp3) is 0.476. The summed E-state index contributed by atoms with van der Waals surface area (Å²) in [5.41, 5.74) is 0.832. The van der Waals surface area contributed by atoms with Crippen LogP contribution in [0.1, 0.15) is 19.3 Å². The highest BCUT2D eigenvalue weighted by Gasteiger charge is 2.29. The van der Waals surface area contributed by atoms with Gasteiger partial charge in [-0.25, -0.2) is 28.1 Å². The van der Waals surface area contributed by atoms with E-state index in [2.05, 4.69) is 34.5 Å². The van der Waals surface area contributed by atoms with E-state index in [1.165, 1.54) is 6.20 Å². The number of pyridine rings is 1. The molecule has 5 heterocycles. The molecule has 0 aliphatic carbocycles. The predicted octanol–water partition coefficient (Wildman–Crippen LogP) is 1.53. The molecule has 3 aromatic rings. The topological polar surface area (TPSA) is 116 Å². The van der Waals surface area contributed by atoms with Gasteiger partial charge in [0.05, 0.1) is 11.5 Å². The van der Waals surface area contributed by atoms with E-state index in [-0.39, 0.29) is 17.0 Å². The fourth-order valence-electron chi connectivity index (χ4n) is 4.38. The summed E-state index contributed by atoms with van der Waals surface area (Å²) in [7, 11) is -1.61.